The van der Waals surface area contributed by atoms with E-state index in [0.717, 1.165) is 37.4 Å². The SMILES string of the molecule is CCCn1nncc1C(O)CCC1CCCCC1. The molecule has 1 heterocycles. The topological polar surface area (TPSA) is 50.9 Å². The second-order valence-corrected chi connectivity index (χ2v) is 5.48. The zero-order valence-electron chi connectivity index (χ0n) is 11.4. The monoisotopic (exact) mass is 251 g/mol. The summed E-state index contributed by atoms with van der Waals surface area (Å²) in [5.41, 5.74) is 0.882. The molecule has 1 unspecified atom stereocenters. The van der Waals surface area contributed by atoms with Gasteiger partial charge in [0.2, 0.25) is 0 Å². The van der Waals surface area contributed by atoms with E-state index in [1.165, 1.54) is 32.1 Å². The van der Waals surface area contributed by atoms with Crippen molar-refractivity contribution in [3.63, 3.8) is 0 Å². The Morgan fingerprint density at radius 1 is 1.39 bits per heavy atom. The molecule has 102 valence electrons. The molecule has 0 aliphatic heterocycles. The minimum atomic E-state index is -0.395. The summed E-state index contributed by atoms with van der Waals surface area (Å²) < 4.78 is 1.84. The van der Waals surface area contributed by atoms with Gasteiger partial charge in [-0.15, -0.1) is 5.10 Å². The van der Waals surface area contributed by atoms with Crippen LogP contribution in [0.15, 0.2) is 6.20 Å². The Kier molecular flexibility index (Phi) is 5.17. The van der Waals surface area contributed by atoms with Crippen LogP contribution in [0.25, 0.3) is 0 Å². The zero-order valence-corrected chi connectivity index (χ0v) is 11.4. The van der Waals surface area contributed by atoms with E-state index >= 15 is 0 Å². The van der Waals surface area contributed by atoms with E-state index < -0.39 is 6.10 Å². The van der Waals surface area contributed by atoms with Gasteiger partial charge >= 0.3 is 0 Å². The molecule has 4 nitrogen and oxygen atoms in total. The van der Waals surface area contributed by atoms with Crippen LogP contribution in [0.2, 0.25) is 0 Å². The van der Waals surface area contributed by atoms with Crippen molar-refractivity contribution in [2.24, 2.45) is 5.92 Å². The first-order valence-corrected chi connectivity index (χ1v) is 7.37. The molecule has 0 spiro atoms. The number of aliphatic hydroxyl groups excluding tert-OH is 1. The van der Waals surface area contributed by atoms with Gasteiger partial charge < -0.3 is 5.11 Å². The van der Waals surface area contributed by atoms with Gasteiger partial charge in [0.1, 0.15) is 0 Å². The summed E-state index contributed by atoms with van der Waals surface area (Å²) >= 11 is 0. The molecule has 0 saturated heterocycles. The lowest BCUT2D eigenvalue weighted by Crippen LogP contribution is -2.12. The number of aromatic nitrogens is 3. The van der Waals surface area contributed by atoms with E-state index in [0.29, 0.717) is 0 Å². The fourth-order valence-corrected chi connectivity index (χ4v) is 2.93. The fraction of sp³-hybridized carbons (Fsp3) is 0.857. The summed E-state index contributed by atoms with van der Waals surface area (Å²) in [5.74, 6) is 0.823. The van der Waals surface area contributed by atoms with Crippen molar-refractivity contribution in [2.45, 2.75) is 70.9 Å². The molecule has 0 radical (unpaired) electrons. The zero-order chi connectivity index (χ0) is 12.8. The summed E-state index contributed by atoms with van der Waals surface area (Å²) in [6, 6.07) is 0. The molecule has 1 N–H and O–H groups in total. The predicted molar refractivity (Wildman–Crippen MR) is 71.1 cm³/mol. The Bertz CT molecular complexity index is 345. The van der Waals surface area contributed by atoms with E-state index in [-0.39, 0.29) is 0 Å². The maximum absolute atomic E-state index is 10.2. The second-order valence-electron chi connectivity index (χ2n) is 5.48. The van der Waals surface area contributed by atoms with Crippen molar-refractivity contribution >= 4 is 0 Å². The lowest BCUT2D eigenvalue weighted by atomic mass is 9.85. The van der Waals surface area contributed by atoms with Crippen LogP contribution in [0.3, 0.4) is 0 Å². The molecule has 1 fully saturated rings. The molecule has 1 aliphatic rings. The standard InChI is InChI=1S/C14H25N3O/c1-2-10-17-13(11-15-16-17)14(18)9-8-12-6-4-3-5-7-12/h11-12,14,18H,2-10H2,1H3. The van der Waals surface area contributed by atoms with Crippen LogP contribution >= 0.6 is 0 Å². The van der Waals surface area contributed by atoms with Crippen LogP contribution in [0.1, 0.15) is 70.1 Å². The molecule has 4 heteroatoms. The van der Waals surface area contributed by atoms with Crippen molar-refractivity contribution < 1.29 is 5.11 Å². The van der Waals surface area contributed by atoms with Gasteiger partial charge in [0.15, 0.2) is 0 Å². The third-order valence-corrected chi connectivity index (χ3v) is 4.00. The molecule has 2 rings (SSSR count). The van der Waals surface area contributed by atoms with E-state index in [1.54, 1.807) is 6.20 Å². The number of aliphatic hydroxyl groups is 1. The minimum absolute atomic E-state index is 0.395. The van der Waals surface area contributed by atoms with Gasteiger partial charge in [-0.2, -0.15) is 0 Å². The number of aryl methyl sites for hydroxylation is 1. The molecular weight excluding hydrogens is 226 g/mol. The highest BCUT2D eigenvalue weighted by Crippen LogP contribution is 2.30. The molecule has 1 atom stereocenters. The smallest absolute Gasteiger partial charge is 0.0973 e. The second kappa shape index (κ2) is 6.88. The summed E-state index contributed by atoms with van der Waals surface area (Å²) in [6.07, 6.45) is 11.2. The van der Waals surface area contributed by atoms with Gasteiger partial charge in [-0.05, 0) is 25.2 Å². The van der Waals surface area contributed by atoms with Crippen LogP contribution in [-0.2, 0) is 6.54 Å². The van der Waals surface area contributed by atoms with Crippen LogP contribution in [0.4, 0.5) is 0 Å². The Morgan fingerprint density at radius 3 is 2.89 bits per heavy atom. The van der Waals surface area contributed by atoms with Gasteiger partial charge in [0.05, 0.1) is 18.0 Å². The minimum Gasteiger partial charge on any atom is -0.387 e. The van der Waals surface area contributed by atoms with Crippen molar-refractivity contribution in [1.29, 1.82) is 0 Å². The number of nitrogens with zero attached hydrogens (tertiary/aromatic N) is 3. The Balaban J connectivity index is 1.82. The molecule has 1 aromatic heterocycles. The Morgan fingerprint density at radius 2 is 2.17 bits per heavy atom. The van der Waals surface area contributed by atoms with E-state index in [9.17, 15) is 5.11 Å². The third kappa shape index (κ3) is 3.55. The first kappa shape index (κ1) is 13.5. The number of rotatable bonds is 6. The summed E-state index contributed by atoms with van der Waals surface area (Å²) in [7, 11) is 0. The average Bonchev–Trinajstić information content (AvgIpc) is 2.86. The molecule has 1 aliphatic carbocycles. The lowest BCUT2D eigenvalue weighted by molar-refractivity contribution is 0.141. The Hall–Kier alpha value is -0.900. The molecular formula is C14H25N3O. The molecule has 1 aromatic rings. The number of hydrogen-bond donors (Lipinski definition) is 1. The summed E-state index contributed by atoms with van der Waals surface area (Å²) in [5, 5.41) is 18.2. The maximum atomic E-state index is 10.2. The predicted octanol–water partition coefficient (Wildman–Crippen LogP) is 3.08. The van der Waals surface area contributed by atoms with Crippen molar-refractivity contribution in [2.75, 3.05) is 0 Å². The van der Waals surface area contributed by atoms with E-state index in [4.69, 9.17) is 0 Å². The molecule has 18 heavy (non-hydrogen) atoms. The normalized spacial score (nSPS) is 19.0. The fourth-order valence-electron chi connectivity index (χ4n) is 2.93. The van der Waals surface area contributed by atoms with Crippen LogP contribution < -0.4 is 0 Å². The van der Waals surface area contributed by atoms with E-state index in [2.05, 4.69) is 17.2 Å². The van der Waals surface area contributed by atoms with Gasteiger partial charge in [-0.1, -0.05) is 44.2 Å². The highest BCUT2D eigenvalue weighted by atomic mass is 16.3. The average molecular weight is 251 g/mol. The van der Waals surface area contributed by atoms with Crippen LogP contribution in [-0.4, -0.2) is 20.1 Å². The van der Waals surface area contributed by atoms with Crippen LogP contribution in [0, 0.1) is 5.92 Å². The van der Waals surface area contributed by atoms with Crippen LogP contribution in [0.5, 0.6) is 0 Å². The summed E-state index contributed by atoms with van der Waals surface area (Å²) in [6.45, 7) is 2.95. The maximum Gasteiger partial charge on any atom is 0.0973 e. The molecule has 0 amide bonds. The third-order valence-electron chi connectivity index (χ3n) is 4.00. The first-order valence-electron chi connectivity index (χ1n) is 7.37. The van der Waals surface area contributed by atoms with Crippen molar-refractivity contribution in [3.05, 3.63) is 11.9 Å². The van der Waals surface area contributed by atoms with Crippen molar-refractivity contribution in [3.8, 4) is 0 Å². The Labute approximate surface area is 109 Å². The molecule has 0 aromatic carbocycles. The van der Waals surface area contributed by atoms with E-state index in [1.807, 2.05) is 4.68 Å². The summed E-state index contributed by atoms with van der Waals surface area (Å²) in [4.78, 5) is 0. The number of hydrogen-bond acceptors (Lipinski definition) is 3. The van der Waals surface area contributed by atoms with Gasteiger partial charge in [-0.3, -0.25) is 0 Å². The molecule has 0 bridgehead atoms. The van der Waals surface area contributed by atoms with Gasteiger partial charge in [0.25, 0.3) is 0 Å². The molecule has 1 saturated carbocycles. The highest BCUT2D eigenvalue weighted by Gasteiger charge is 2.18. The largest absolute Gasteiger partial charge is 0.387 e. The van der Waals surface area contributed by atoms with Gasteiger partial charge in [0, 0.05) is 6.54 Å². The lowest BCUT2D eigenvalue weighted by Gasteiger charge is -2.22. The highest BCUT2D eigenvalue weighted by molar-refractivity contribution is 4.98. The van der Waals surface area contributed by atoms with Gasteiger partial charge in [-0.25, -0.2) is 4.68 Å². The quantitative estimate of drug-likeness (QED) is 0.845. The van der Waals surface area contributed by atoms with Crippen molar-refractivity contribution in [1.82, 2.24) is 15.0 Å². The first-order chi connectivity index (χ1) is 8.81.